The Balaban J connectivity index is 1.21. The van der Waals surface area contributed by atoms with Crippen molar-refractivity contribution in [2.24, 2.45) is 0 Å². The Bertz CT molecular complexity index is 1940. The van der Waals surface area contributed by atoms with Crippen molar-refractivity contribution in [1.82, 2.24) is 23.9 Å². The lowest BCUT2D eigenvalue weighted by atomic mass is 9.91. The highest BCUT2D eigenvalue weighted by Gasteiger charge is 2.37. The first kappa shape index (κ1) is 34.9. The van der Waals surface area contributed by atoms with Crippen molar-refractivity contribution in [3.8, 4) is 5.69 Å². The van der Waals surface area contributed by atoms with E-state index in [1.165, 1.54) is 10.9 Å². The van der Waals surface area contributed by atoms with E-state index in [-0.39, 0.29) is 30.2 Å². The molecular formula is C36H41Cl2N5O6. The molecule has 260 valence electrons. The van der Waals surface area contributed by atoms with E-state index in [0.717, 1.165) is 11.1 Å². The number of carbonyl (C=O) groups is 2. The zero-order valence-corrected chi connectivity index (χ0v) is 29.8. The van der Waals surface area contributed by atoms with Crippen LogP contribution in [0, 0.1) is 6.92 Å². The fraction of sp³-hybridized carbons (Fsp3) is 0.444. The molecule has 2 saturated heterocycles. The van der Waals surface area contributed by atoms with Gasteiger partial charge in [-0.05, 0) is 101 Å². The fourth-order valence-electron chi connectivity index (χ4n) is 6.58. The van der Waals surface area contributed by atoms with Gasteiger partial charge in [0.05, 0.1) is 42.8 Å². The van der Waals surface area contributed by atoms with Crippen molar-refractivity contribution in [2.75, 3.05) is 26.2 Å². The molecule has 0 unspecified atom stereocenters. The molecule has 0 radical (unpaired) electrons. The maximum absolute atomic E-state index is 13.7. The van der Waals surface area contributed by atoms with E-state index in [9.17, 15) is 19.5 Å². The van der Waals surface area contributed by atoms with Gasteiger partial charge in [-0.3, -0.25) is 23.6 Å². The summed E-state index contributed by atoms with van der Waals surface area (Å²) in [5.74, 6) is -0.125. The van der Waals surface area contributed by atoms with Crippen LogP contribution in [0.4, 0.5) is 4.79 Å². The van der Waals surface area contributed by atoms with Crippen molar-refractivity contribution in [1.29, 1.82) is 0 Å². The number of aliphatic hydroxyl groups is 1. The first-order valence-electron chi connectivity index (χ1n) is 16.4. The van der Waals surface area contributed by atoms with Gasteiger partial charge in [-0.1, -0.05) is 29.3 Å². The van der Waals surface area contributed by atoms with Gasteiger partial charge in [0.1, 0.15) is 17.1 Å². The molecule has 2 fully saturated rings. The molecule has 0 saturated carbocycles. The predicted octanol–water partition coefficient (Wildman–Crippen LogP) is 6.17. The monoisotopic (exact) mass is 709 g/mol. The van der Waals surface area contributed by atoms with Crippen molar-refractivity contribution < 1.29 is 24.2 Å². The van der Waals surface area contributed by atoms with Crippen LogP contribution in [-0.4, -0.2) is 84.6 Å². The number of nitrogens with zero attached hydrogens (tertiary/aromatic N) is 5. The molecule has 1 N–H and O–H groups in total. The molecule has 6 rings (SSSR count). The standard InChI is InChI=1S/C36H41Cl2N5O6/c1-22-16-26(10-11-27(22)29-19-48-23(2)18-42(29)34(46)49-35(3,4)5)43-30(38)17-28-31(43)39-21-41(33(28)45)20-36(47)12-14-40(15-13-36)32(44)24-6-8-25(37)9-7-24/h6-11,16-17,21,23,29,47H,12-15,18-20H2,1-5H3/t23-,29-/m0/s1. The van der Waals surface area contributed by atoms with Gasteiger partial charge in [0.25, 0.3) is 11.5 Å². The number of aryl methyl sites for hydroxylation is 1. The fourth-order valence-corrected chi connectivity index (χ4v) is 6.99. The molecule has 4 heterocycles. The minimum Gasteiger partial charge on any atom is -0.444 e. The number of rotatable bonds is 5. The van der Waals surface area contributed by atoms with Crippen molar-refractivity contribution >= 4 is 46.2 Å². The van der Waals surface area contributed by atoms with Crippen LogP contribution in [0.1, 0.15) is 68.1 Å². The molecule has 0 spiro atoms. The van der Waals surface area contributed by atoms with E-state index in [1.807, 2.05) is 52.8 Å². The third-order valence-electron chi connectivity index (χ3n) is 9.14. The quantitative estimate of drug-likeness (QED) is 0.263. The van der Waals surface area contributed by atoms with E-state index < -0.39 is 17.3 Å². The molecule has 0 bridgehead atoms. The first-order valence-corrected chi connectivity index (χ1v) is 17.1. The van der Waals surface area contributed by atoms with Crippen LogP contribution in [0.3, 0.4) is 0 Å². The molecule has 2 aliphatic rings. The van der Waals surface area contributed by atoms with Gasteiger partial charge in [-0.15, -0.1) is 0 Å². The molecule has 0 aliphatic carbocycles. The summed E-state index contributed by atoms with van der Waals surface area (Å²) in [6, 6.07) is 13.7. The smallest absolute Gasteiger partial charge is 0.410 e. The normalized spacial score (nSPS) is 19.7. The molecule has 11 nitrogen and oxygen atoms in total. The van der Waals surface area contributed by atoms with E-state index in [1.54, 1.807) is 44.7 Å². The van der Waals surface area contributed by atoms with E-state index >= 15 is 0 Å². The number of hydrogen-bond donors (Lipinski definition) is 1. The SMILES string of the molecule is Cc1cc(-n2c(Cl)cc3c(=O)n(CC4(O)CCN(C(=O)c5ccc(Cl)cc5)CC4)cnc32)ccc1[C@@H]1CO[C@@H](C)CN1C(=O)OC(C)(C)C. The van der Waals surface area contributed by atoms with Crippen molar-refractivity contribution in [3.05, 3.63) is 92.1 Å². The number of benzene rings is 2. The molecule has 2 amide bonds. The van der Waals surface area contributed by atoms with Crippen LogP contribution < -0.4 is 5.56 Å². The van der Waals surface area contributed by atoms with Crippen LogP contribution in [-0.2, 0) is 16.0 Å². The van der Waals surface area contributed by atoms with Gasteiger partial charge in [0.2, 0.25) is 0 Å². The summed E-state index contributed by atoms with van der Waals surface area (Å²) < 4.78 is 14.8. The Morgan fingerprint density at radius 2 is 1.78 bits per heavy atom. The summed E-state index contributed by atoms with van der Waals surface area (Å²) >= 11 is 12.7. The topological polar surface area (TPSA) is 119 Å². The second-order valence-electron chi connectivity index (χ2n) is 14.1. The average molecular weight is 711 g/mol. The van der Waals surface area contributed by atoms with E-state index in [4.69, 9.17) is 32.7 Å². The minimum absolute atomic E-state index is 0.0323. The molecule has 4 aromatic rings. The second-order valence-corrected chi connectivity index (χ2v) is 14.9. The number of fused-ring (bicyclic) bond motifs is 1. The summed E-state index contributed by atoms with van der Waals surface area (Å²) in [6.45, 7) is 10.9. The highest BCUT2D eigenvalue weighted by atomic mass is 35.5. The zero-order valence-electron chi connectivity index (χ0n) is 28.3. The number of ether oxygens (including phenoxy) is 2. The summed E-state index contributed by atoms with van der Waals surface area (Å²) in [6.07, 6.45) is 1.53. The van der Waals surface area contributed by atoms with E-state index in [0.29, 0.717) is 71.5 Å². The lowest BCUT2D eigenvalue weighted by molar-refractivity contribution is -0.0645. The molecule has 2 aliphatic heterocycles. The highest BCUT2D eigenvalue weighted by Crippen LogP contribution is 2.33. The van der Waals surface area contributed by atoms with Gasteiger partial charge >= 0.3 is 6.09 Å². The molecule has 13 heteroatoms. The molecule has 2 aromatic carbocycles. The maximum atomic E-state index is 13.7. The predicted molar refractivity (Wildman–Crippen MR) is 188 cm³/mol. The lowest BCUT2D eigenvalue weighted by Gasteiger charge is -2.40. The molecule has 49 heavy (non-hydrogen) atoms. The maximum Gasteiger partial charge on any atom is 0.410 e. The van der Waals surface area contributed by atoms with Crippen molar-refractivity contribution in [2.45, 2.75) is 77.4 Å². The summed E-state index contributed by atoms with van der Waals surface area (Å²) in [7, 11) is 0. The molecule has 2 atom stereocenters. The summed E-state index contributed by atoms with van der Waals surface area (Å²) in [5.41, 5.74) is 1.30. The van der Waals surface area contributed by atoms with Gasteiger partial charge in [0.15, 0.2) is 5.65 Å². The number of halogens is 2. The second kappa shape index (κ2) is 13.4. The zero-order chi connectivity index (χ0) is 35.2. The Hall–Kier alpha value is -3.90. The molecule has 2 aromatic heterocycles. The Morgan fingerprint density at radius 1 is 1.08 bits per heavy atom. The number of hydrogen-bond acceptors (Lipinski definition) is 7. The van der Waals surface area contributed by atoms with Gasteiger partial charge in [-0.25, -0.2) is 9.78 Å². The van der Waals surface area contributed by atoms with Gasteiger partial charge in [0, 0.05) is 29.4 Å². The Kier molecular flexibility index (Phi) is 9.58. The number of amides is 2. The average Bonchev–Trinajstić information content (AvgIpc) is 3.38. The molecular weight excluding hydrogens is 669 g/mol. The third-order valence-corrected chi connectivity index (χ3v) is 9.67. The highest BCUT2D eigenvalue weighted by molar-refractivity contribution is 6.31. The number of aromatic nitrogens is 3. The van der Waals surface area contributed by atoms with Crippen LogP contribution in [0.25, 0.3) is 16.7 Å². The van der Waals surface area contributed by atoms with Crippen molar-refractivity contribution in [3.63, 3.8) is 0 Å². The Morgan fingerprint density at radius 3 is 2.43 bits per heavy atom. The number of carbonyl (C=O) groups excluding carboxylic acids is 2. The number of morpholine rings is 1. The van der Waals surface area contributed by atoms with Crippen LogP contribution >= 0.6 is 23.2 Å². The number of piperidine rings is 1. The number of likely N-dealkylation sites (tertiary alicyclic amines) is 1. The Labute approximate surface area is 294 Å². The van der Waals surface area contributed by atoms with Crippen LogP contribution in [0.15, 0.2) is 59.7 Å². The summed E-state index contributed by atoms with van der Waals surface area (Å²) in [4.78, 5) is 47.8. The third kappa shape index (κ3) is 7.35. The van der Waals surface area contributed by atoms with Gasteiger partial charge in [-0.2, -0.15) is 0 Å². The lowest BCUT2D eigenvalue weighted by Crippen LogP contribution is -2.49. The summed E-state index contributed by atoms with van der Waals surface area (Å²) in [5, 5.41) is 12.6. The van der Waals surface area contributed by atoms with Crippen LogP contribution in [0.2, 0.25) is 10.2 Å². The van der Waals surface area contributed by atoms with Crippen LogP contribution in [0.5, 0.6) is 0 Å². The van der Waals surface area contributed by atoms with E-state index in [2.05, 4.69) is 4.98 Å². The minimum atomic E-state index is -1.19. The van der Waals surface area contributed by atoms with Gasteiger partial charge < -0.3 is 19.5 Å². The largest absolute Gasteiger partial charge is 0.444 e. The first-order chi connectivity index (χ1) is 23.1.